The lowest BCUT2D eigenvalue weighted by atomic mass is 9.83. The number of nitrogens with one attached hydrogen (secondary N) is 2. The Balaban J connectivity index is 1.01. The molecule has 2 N–H and O–H groups in total. The molecule has 43 heavy (non-hydrogen) atoms. The van der Waals surface area contributed by atoms with Crippen LogP contribution in [-0.4, -0.2) is 53.6 Å². The van der Waals surface area contributed by atoms with Crippen molar-refractivity contribution in [3.05, 3.63) is 82.9 Å². The Kier molecular flexibility index (Phi) is 10.9. The van der Waals surface area contributed by atoms with Gasteiger partial charge in [-0.1, -0.05) is 36.4 Å². The zero-order valence-corrected chi connectivity index (χ0v) is 26.8. The first-order valence-electron chi connectivity index (χ1n) is 16.0. The van der Waals surface area contributed by atoms with Gasteiger partial charge >= 0.3 is 0 Å². The molecule has 230 valence electrons. The molecular formula is C36H47N3O3S. The van der Waals surface area contributed by atoms with Crippen molar-refractivity contribution in [2.24, 2.45) is 0 Å². The molecule has 2 aliphatic rings. The first-order valence-corrected chi connectivity index (χ1v) is 17.2. The lowest BCUT2D eigenvalue weighted by Gasteiger charge is -2.33. The van der Waals surface area contributed by atoms with Gasteiger partial charge in [0.1, 0.15) is 16.7 Å². The van der Waals surface area contributed by atoms with Gasteiger partial charge < -0.3 is 19.7 Å². The van der Waals surface area contributed by atoms with Gasteiger partial charge in [0.2, 0.25) is 0 Å². The second-order valence-electron chi connectivity index (χ2n) is 12.2. The average molecular weight is 602 g/mol. The summed E-state index contributed by atoms with van der Waals surface area (Å²) >= 11 is 0. The zero-order valence-electron chi connectivity index (χ0n) is 26.0. The predicted octanol–water partition coefficient (Wildman–Crippen LogP) is 7.11. The number of carbonyl (C=O) groups is 1. The fourth-order valence-electron chi connectivity index (χ4n) is 6.39. The van der Waals surface area contributed by atoms with Crippen molar-refractivity contribution in [2.75, 3.05) is 38.0 Å². The van der Waals surface area contributed by atoms with E-state index in [2.05, 4.69) is 27.1 Å². The van der Waals surface area contributed by atoms with Crippen molar-refractivity contribution >= 4 is 22.6 Å². The molecule has 1 unspecified atom stereocenters. The first-order chi connectivity index (χ1) is 20.9. The van der Waals surface area contributed by atoms with Crippen molar-refractivity contribution < 1.29 is 13.7 Å². The minimum absolute atomic E-state index is 0.0259. The predicted molar refractivity (Wildman–Crippen MR) is 178 cm³/mol. The van der Waals surface area contributed by atoms with Crippen LogP contribution in [0.3, 0.4) is 0 Å². The van der Waals surface area contributed by atoms with Gasteiger partial charge in [0.15, 0.2) is 0 Å². The minimum atomic E-state index is -1.10. The van der Waals surface area contributed by atoms with Gasteiger partial charge in [-0.15, -0.1) is 0 Å². The number of anilines is 1. The maximum atomic E-state index is 12.7. The molecule has 0 saturated carbocycles. The van der Waals surface area contributed by atoms with Crippen LogP contribution in [-0.2, 0) is 23.8 Å². The smallest absolute Gasteiger partial charge is 0.251 e. The number of carbonyl (C=O) groups excluding carboxylic acids is 1. The molecule has 3 aromatic rings. The van der Waals surface area contributed by atoms with Gasteiger partial charge in [-0.2, -0.15) is 0 Å². The number of methoxy groups -OCH3 is 1. The third-order valence-corrected chi connectivity index (χ3v) is 10.2. The summed E-state index contributed by atoms with van der Waals surface area (Å²) in [4.78, 5) is 15.3. The fourth-order valence-corrected chi connectivity index (χ4v) is 6.99. The summed E-state index contributed by atoms with van der Waals surface area (Å²) in [5.41, 5.74) is 7.99. The van der Waals surface area contributed by atoms with Crippen molar-refractivity contribution in [3.8, 4) is 16.9 Å². The number of hydrogen-bond acceptors (Lipinski definition) is 4. The van der Waals surface area contributed by atoms with E-state index in [-0.39, 0.29) is 11.2 Å². The molecule has 1 amide bonds. The normalized spacial score (nSPS) is 16.5. The van der Waals surface area contributed by atoms with Crippen molar-refractivity contribution in [3.63, 3.8) is 0 Å². The molecule has 5 rings (SSSR count). The number of unbranched alkanes of at least 4 members (excludes halogenated alkanes) is 1. The lowest BCUT2D eigenvalue weighted by molar-refractivity contribution is 0.0952. The molecule has 1 fully saturated rings. The number of aryl methyl sites for hydroxylation is 1. The molecule has 1 heterocycles. The molecule has 0 bridgehead atoms. The number of likely N-dealkylation sites (tertiary alicyclic amines) is 1. The Morgan fingerprint density at radius 1 is 0.930 bits per heavy atom. The van der Waals surface area contributed by atoms with E-state index >= 15 is 0 Å². The average Bonchev–Trinajstić information content (AvgIpc) is 3.04. The zero-order chi connectivity index (χ0) is 30.2. The standard InChI is InChI=1S/C36H47N3O3S/c1-26(2)43(41)38-32-17-14-28(15-18-32)27-10-12-31(13-11-27)36(40)37-22-6-7-23-39-24-20-30(21-25-39)34-19-16-29-8-4-5-9-33(29)35(34)42-3/h10-19,26,30,38H,4-9,20-25H2,1-3H3,(H,37,40). The van der Waals surface area contributed by atoms with Gasteiger partial charge in [0.05, 0.1) is 7.11 Å². The molecule has 1 saturated heterocycles. The molecule has 3 aromatic carbocycles. The number of benzene rings is 3. The van der Waals surface area contributed by atoms with E-state index in [1.54, 1.807) is 0 Å². The van der Waals surface area contributed by atoms with Crippen molar-refractivity contribution in [1.82, 2.24) is 10.2 Å². The van der Waals surface area contributed by atoms with Crippen LogP contribution >= 0.6 is 0 Å². The number of ether oxygens (including phenoxy) is 1. The summed E-state index contributed by atoms with van der Waals surface area (Å²) in [5.74, 6) is 1.73. The van der Waals surface area contributed by atoms with E-state index in [0.29, 0.717) is 18.0 Å². The Bertz CT molecular complexity index is 1380. The van der Waals surface area contributed by atoms with Crippen molar-refractivity contribution in [1.29, 1.82) is 0 Å². The van der Waals surface area contributed by atoms with Crippen LogP contribution in [0.2, 0.25) is 0 Å². The van der Waals surface area contributed by atoms with E-state index < -0.39 is 11.0 Å². The highest BCUT2D eigenvalue weighted by Gasteiger charge is 2.26. The molecule has 1 atom stereocenters. The summed E-state index contributed by atoms with van der Waals surface area (Å²) in [5, 5.41) is 3.14. The number of nitrogens with zero attached hydrogens (tertiary/aromatic N) is 1. The monoisotopic (exact) mass is 601 g/mol. The molecule has 6 nitrogen and oxygen atoms in total. The van der Waals surface area contributed by atoms with Gasteiger partial charge in [0.25, 0.3) is 5.91 Å². The van der Waals surface area contributed by atoms with E-state index in [0.717, 1.165) is 55.7 Å². The quantitative estimate of drug-likeness (QED) is 0.217. The largest absolute Gasteiger partial charge is 0.496 e. The number of fused-ring (bicyclic) bond motifs is 1. The van der Waals surface area contributed by atoms with Gasteiger partial charge in [-0.25, -0.2) is 4.21 Å². The number of amides is 1. The van der Waals surface area contributed by atoms with Gasteiger partial charge in [-0.05, 0) is 143 Å². The topological polar surface area (TPSA) is 70.7 Å². The summed E-state index contributed by atoms with van der Waals surface area (Å²) in [6, 6.07) is 20.3. The Hall–Kier alpha value is -3.16. The molecule has 0 radical (unpaired) electrons. The van der Waals surface area contributed by atoms with Crippen LogP contribution in [0.25, 0.3) is 11.1 Å². The molecule has 0 spiro atoms. The van der Waals surface area contributed by atoms with E-state index in [1.807, 2.05) is 69.5 Å². The number of rotatable bonds is 12. The Labute approximate surface area is 260 Å². The highest BCUT2D eigenvalue weighted by molar-refractivity contribution is 7.86. The van der Waals surface area contributed by atoms with Crippen LogP contribution in [0.1, 0.15) is 85.3 Å². The van der Waals surface area contributed by atoms with Crippen LogP contribution in [0.15, 0.2) is 60.7 Å². The van der Waals surface area contributed by atoms with Crippen LogP contribution in [0.4, 0.5) is 5.69 Å². The Morgan fingerprint density at radius 2 is 1.60 bits per heavy atom. The third-order valence-electron chi connectivity index (χ3n) is 8.94. The fraction of sp³-hybridized carbons (Fsp3) is 0.472. The summed E-state index contributed by atoms with van der Waals surface area (Å²) < 4.78 is 21.0. The number of piperidine rings is 1. The van der Waals surface area contributed by atoms with Gasteiger partial charge in [0, 0.05) is 23.0 Å². The SMILES string of the molecule is COc1c(C2CCN(CCCCNC(=O)c3ccc(-c4ccc(NS(=O)C(C)C)cc4)cc3)CC2)ccc2c1CCCC2. The maximum Gasteiger partial charge on any atom is 0.251 e. The minimum Gasteiger partial charge on any atom is -0.496 e. The third kappa shape index (κ3) is 8.07. The van der Waals surface area contributed by atoms with E-state index in [4.69, 9.17) is 4.74 Å². The summed E-state index contributed by atoms with van der Waals surface area (Å²) in [7, 11) is 0.744. The van der Waals surface area contributed by atoms with E-state index in [1.165, 1.54) is 54.5 Å². The highest BCUT2D eigenvalue weighted by atomic mass is 32.2. The van der Waals surface area contributed by atoms with Crippen LogP contribution < -0.4 is 14.8 Å². The van der Waals surface area contributed by atoms with Crippen molar-refractivity contribution in [2.45, 2.75) is 76.4 Å². The summed E-state index contributed by atoms with van der Waals surface area (Å²) in [6.45, 7) is 7.87. The van der Waals surface area contributed by atoms with Crippen LogP contribution in [0, 0.1) is 0 Å². The molecule has 1 aliphatic carbocycles. The Morgan fingerprint density at radius 3 is 2.28 bits per heavy atom. The molecular weight excluding hydrogens is 554 g/mol. The molecule has 7 heteroatoms. The molecule has 1 aliphatic heterocycles. The van der Waals surface area contributed by atoms with Gasteiger partial charge in [-0.3, -0.25) is 4.79 Å². The summed E-state index contributed by atoms with van der Waals surface area (Å²) in [6.07, 6.45) is 9.34. The first kappa shape index (κ1) is 31.3. The number of hydrogen-bond donors (Lipinski definition) is 2. The highest BCUT2D eigenvalue weighted by Crippen LogP contribution is 2.40. The molecule has 0 aromatic heterocycles. The van der Waals surface area contributed by atoms with E-state index in [9.17, 15) is 9.00 Å². The lowest BCUT2D eigenvalue weighted by Crippen LogP contribution is -2.34. The second-order valence-corrected chi connectivity index (χ2v) is 14.0. The maximum absolute atomic E-state index is 12.7. The van der Waals surface area contributed by atoms with Crippen LogP contribution in [0.5, 0.6) is 5.75 Å². The second kappa shape index (κ2) is 15.0.